The number of methoxy groups -OCH3 is 1. The Labute approximate surface area is 164 Å². The standard InChI is InChI=1S/C21H18N2O6/c1-12-7-8-16-14(11-12)19-18(21(24)28-16)17(20(29-19)22-9-10-27-2)13-5-3-4-6-15(13)23(25)26/h3-8,11,22H,9-10H2,1-2H3. The van der Waals surface area contributed by atoms with Gasteiger partial charge in [0.25, 0.3) is 5.69 Å². The largest absolute Gasteiger partial charge is 0.439 e. The zero-order valence-electron chi connectivity index (χ0n) is 15.9. The molecule has 2 heterocycles. The van der Waals surface area contributed by atoms with E-state index in [4.69, 9.17) is 13.6 Å². The molecule has 4 aromatic rings. The van der Waals surface area contributed by atoms with Crippen LogP contribution in [0.15, 0.2) is 56.1 Å². The van der Waals surface area contributed by atoms with Crippen LogP contribution >= 0.6 is 0 Å². The number of nitro groups is 1. The molecule has 8 nitrogen and oxygen atoms in total. The van der Waals surface area contributed by atoms with Gasteiger partial charge in [0.2, 0.25) is 5.88 Å². The maximum absolute atomic E-state index is 12.8. The van der Waals surface area contributed by atoms with E-state index in [-0.39, 0.29) is 22.5 Å². The number of aryl methyl sites for hydroxylation is 1. The Morgan fingerprint density at radius 3 is 2.72 bits per heavy atom. The van der Waals surface area contributed by atoms with E-state index in [0.29, 0.717) is 35.3 Å². The van der Waals surface area contributed by atoms with E-state index < -0.39 is 10.5 Å². The molecule has 0 aliphatic heterocycles. The number of hydrogen-bond acceptors (Lipinski definition) is 7. The lowest BCUT2D eigenvalue weighted by molar-refractivity contribution is -0.384. The maximum atomic E-state index is 12.8. The lowest BCUT2D eigenvalue weighted by Crippen LogP contribution is -2.08. The molecule has 0 spiro atoms. The minimum Gasteiger partial charge on any atom is -0.439 e. The van der Waals surface area contributed by atoms with Gasteiger partial charge in [0.1, 0.15) is 11.0 Å². The molecule has 0 aliphatic rings. The quantitative estimate of drug-likeness (QED) is 0.222. The predicted molar refractivity (Wildman–Crippen MR) is 109 cm³/mol. The molecule has 2 aromatic carbocycles. The molecule has 0 fully saturated rings. The van der Waals surface area contributed by atoms with E-state index in [1.54, 1.807) is 31.4 Å². The van der Waals surface area contributed by atoms with Crippen molar-refractivity contribution in [3.05, 3.63) is 68.6 Å². The second-order valence-electron chi connectivity index (χ2n) is 6.59. The Kier molecular flexibility index (Phi) is 4.77. The van der Waals surface area contributed by atoms with Crippen molar-refractivity contribution < 1.29 is 18.5 Å². The minimum absolute atomic E-state index is 0.131. The first-order valence-electron chi connectivity index (χ1n) is 8.98. The van der Waals surface area contributed by atoms with Gasteiger partial charge in [-0.2, -0.15) is 0 Å². The summed E-state index contributed by atoms with van der Waals surface area (Å²) in [7, 11) is 1.56. The third-order valence-electron chi connectivity index (χ3n) is 4.66. The zero-order chi connectivity index (χ0) is 20.5. The minimum atomic E-state index is -0.618. The second kappa shape index (κ2) is 7.40. The first kappa shape index (κ1) is 18.7. The predicted octanol–water partition coefficient (Wildman–Crippen LogP) is 4.48. The number of nitrogens with one attached hydrogen (secondary N) is 1. The second-order valence-corrected chi connectivity index (χ2v) is 6.59. The summed E-state index contributed by atoms with van der Waals surface area (Å²) < 4.78 is 16.6. The number of furan rings is 1. The molecule has 0 aliphatic carbocycles. The molecule has 29 heavy (non-hydrogen) atoms. The molecule has 0 saturated heterocycles. The number of ether oxygens (including phenoxy) is 1. The van der Waals surface area contributed by atoms with Crippen LogP contribution in [0.5, 0.6) is 0 Å². The lowest BCUT2D eigenvalue weighted by atomic mass is 10.0. The summed E-state index contributed by atoms with van der Waals surface area (Å²) in [5, 5.41) is 15.5. The van der Waals surface area contributed by atoms with E-state index in [9.17, 15) is 14.9 Å². The molecule has 148 valence electrons. The molecule has 8 heteroatoms. The van der Waals surface area contributed by atoms with Crippen LogP contribution in [0.3, 0.4) is 0 Å². The average molecular weight is 394 g/mol. The van der Waals surface area contributed by atoms with E-state index >= 15 is 0 Å². The van der Waals surface area contributed by atoms with Gasteiger partial charge in [0.15, 0.2) is 5.58 Å². The van der Waals surface area contributed by atoms with Crippen molar-refractivity contribution in [3.8, 4) is 11.1 Å². The molecule has 0 unspecified atom stereocenters. The van der Waals surface area contributed by atoms with Gasteiger partial charge in [-0.1, -0.05) is 23.8 Å². The highest BCUT2D eigenvalue weighted by molar-refractivity contribution is 6.10. The Balaban J connectivity index is 2.10. The Hall–Kier alpha value is -3.65. The molecular formula is C21H18N2O6. The SMILES string of the molecule is COCCNc1oc2c(c1-c1ccccc1[N+](=O)[O-])c(=O)oc1ccc(C)cc12. The Morgan fingerprint density at radius 1 is 1.17 bits per heavy atom. The van der Waals surface area contributed by atoms with Crippen molar-refractivity contribution in [2.45, 2.75) is 6.92 Å². The van der Waals surface area contributed by atoms with Gasteiger partial charge in [-0.25, -0.2) is 4.79 Å². The van der Waals surface area contributed by atoms with Gasteiger partial charge in [-0.15, -0.1) is 0 Å². The molecular weight excluding hydrogens is 376 g/mol. The lowest BCUT2D eigenvalue weighted by Gasteiger charge is -2.06. The topological polar surface area (TPSA) is 108 Å². The Morgan fingerprint density at radius 2 is 1.97 bits per heavy atom. The van der Waals surface area contributed by atoms with Crippen molar-refractivity contribution in [1.82, 2.24) is 0 Å². The van der Waals surface area contributed by atoms with Gasteiger partial charge in [0.05, 0.1) is 28.0 Å². The molecule has 0 saturated carbocycles. The number of benzene rings is 2. The van der Waals surface area contributed by atoms with Crippen LogP contribution in [0.2, 0.25) is 0 Å². The summed E-state index contributed by atoms with van der Waals surface area (Å²) in [6.07, 6.45) is 0. The highest BCUT2D eigenvalue weighted by Crippen LogP contribution is 2.42. The molecule has 0 amide bonds. The van der Waals surface area contributed by atoms with Gasteiger partial charge < -0.3 is 18.9 Å². The summed E-state index contributed by atoms with van der Waals surface area (Å²) in [5.41, 5.74) is 1.51. The van der Waals surface area contributed by atoms with Gasteiger partial charge in [-0.05, 0) is 25.1 Å². The number of rotatable bonds is 6. The maximum Gasteiger partial charge on any atom is 0.348 e. The fourth-order valence-electron chi connectivity index (χ4n) is 3.37. The molecule has 4 rings (SSSR count). The third kappa shape index (κ3) is 3.23. The zero-order valence-corrected chi connectivity index (χ0v) is 15.9. The van der Waals surface area contributed by atoms with Crippen LogP contribution in [0, 0.1) is 17.0 Å². The highest BCUT2D eigenvalue weighted by atomic mass is 16.6. The number of hydrogen-bond donors (Lipinski definition) is 1. The van der Waals surface area contributed by atoms with Crippen molar-refractivity contribution in [2.75, 3.05) is 25.6 Å². The van der Waals surface area contributed by atoms with E-state index in [1.165, 1.54) is 6.07 Å². The number of anilines is 1. The van der Waals surface area contributed by atoms with Crippen LogP contribution < -0.4 is 10.9 Å². The molecule has 0 radical (unpaired) electrons. The average Bonchev–Trinajstić information content (AvgIpc) is 3.09. The van der Waals surface area contributed by atoms with Gasteiger partial charge in [-0.3, -0.25) is 10.1 Å². The smallest absolute Gasteiger partial charge is 0.348 e. The molecule has 0 atom stereocenters. The summed E-state index contributed by atoms with van der Waals surface area (Å²) in [4.78, 5) is 24.0. The monoisotopic (exact) mass is 394 g/mol. The van der Waals surface area contributed by atoms with Crippen molar-refractivity contribution in [1.29, 1.82) is 0 Å². The van der Waals surface area contributed by atoms with E-state index in [2.05, 4.69) is 5.32 Å². The molecule has 1 N–H and O–H groups in total. The normalized spacial score (nSPS) is 11.2. The number of para-hydroxylation sites is 1. The summed E-state index contributed by atoms with van der Waals surface area (Å²) in [5.74, 6) is 0.257. The van der Waals surface area contributed by atoms with Crippen LogP contribution in [0.4, 0.5) is 11.6 Å². The van der Waals surface area contributed by atoms with Crippen molar-refractivity contribution in [3.63, 3.8) is 0 Å². The highest BCUT2D eigenvalue weighted by Gasteiger charge is 2.27. The molecule has 0 bridgehead atoms. The van der Waals surface area contributed by atoms with Gasteiger partial charge in [0, 0.05) is 19.7 Å². The number of fused-ring (bicyclic) bond motifs is 3. The fourth-order valence-corrected chi connectivity index (χ4v) is 3.37. The van der Waals surface area contributed by atoms with Crippen LogP contribution in [0.25, 0.3) is 33.1 Å². The van der Waals surface area contributed by atoms with Crippen LogP contribution in [-0.4, -0.2) is 25.2 Å². The first-order valence-corrected chi connectivity index (χ1v) is 8.98. The molecule has 2 aromatic heterocycles. The summed E-state index contributed by atoms with van der Waals surface area (Å²) in [6.45, 7) is 2.70. The first-order chi connectivity index (χ1) is 14.0. The van der Waals surface area contributed by atoms with Crippen molar-refractivity contribution in [2.24, 2.45) is 0 Å². The van der Waals surface area contributed by atoms with Crippen LogP contribution in [0.1, 0.15) is 5.56 Å². The summed E-state index contributed by atoms with van der Waals surface area (Å²) >= 11 is 0. The van der Waals surface area contributed by atoms with Gasteiger partial charge >= 0.3 is 5.63 Å². The Bertz CT molecular complexity index is 1290. The van der Waals surface area contributed by atoms with E-state index in [0.717, 1.165) is 5.56 Å². The fraction of sp³-hybridized carbons (Fsp3) is 0.190. The van der Waals surface area contributed by atoms with E-state index in [1.807, 2.05) is 19.1 Å². The summed E-state index contributed by atoms with van der Waals surface area (Å²) in [6, 6.07) is 11.6. The third-order valence-corrected chi connectivity index (χ3v) is 4.66. The van der Waals surface area contributed by atoms with Crippen molar-refractivity contribution >= 4 is 33.5 Å². The number of nitrogens with zero attached hydrogens (tertiary/aromatic N) is 1. The van der Waals surface area contributed by atoms with Crippen LogP contribution in [-0.2, 0) is 4.74 Å². The number of nitro benzene ring substituents is 1.